The van der Waals surface area contributed by atoms with Crippen molar-refractivity contribution in [2.24, 2.45) is 0 Å². The Labute approximate surface area is 83.0 Å². The second-order valence-electron chi connectivity index (χ2n) is 3.72. The molecular weight excluding hydrogens is 160 g/mol. The fourth-order valence-electron chi connectivity index (χ4n) is 1.70. The summed E-state index contributed by atoms with van der Waals surface area (Å²) in [4.78, 5) is 2.48. The normalized spacial score (nSPS) is 13.7. The van der Waals surface area contributed by atoms with Crippen LogP contribution in [0.4, 0.5) is 0 Å². The first-order valence-electron chi connectivity index (χ1n) is 5.20. The maximum atomic E-state index is 3.68. The zero-order chi connectivity index (χ0) is 10.3. The molecule has 0 aromatic carbocycles. The van der Waals surface area contributed by atoms with Gasteiger partial charge in [-0.25, -0.2) is 0 Å². The fourth-order valence-corrected chi connectivity index (χ4v) is 1.70. The van der Waals surface area contributed by atoms with Gasteiger partial charge in [0.1, 0.15) is 0 Å². The smallest absolute Gasteiger partial charge is 0.0195 e. The predicted octanol–water partition coefficient (Wildman–Crippen LogP) is 1.88. The lowest BCUT2D eigenvalue weighted by molar-refractivity contribution is 0.171. The van der Waals surface area contributed by atoms with E-state index < -0.39 is 0 Å². The summed E-state index contributed by atoms with van der Waals surface area (Å²) in [5.41, 5.74) is 0. The van der Waals surface area contributed by atoms with Crippen molar-refractivity contribution in [2.45, 2.75) is 39.8 Å². The number of hydrogen-bond acceptors (Lipinski definition) is 2. The molecule has 0 spiro atoms. The van der Waals surface area contributed by atoms with Crippen molar-refractivity contribution in [2.75, 3.05) is 19.6 Å². The van der Waals surface area contributed by atoms with Crippen LogP contribution < -0.4 is 5.32 Å². The van der Waals surface area contributed by atoms with Crippen LogP contribution in [0.1, 0.15) is 27.7 Å². The van der Waals surface area contributed by atoms with E-state index in [2.05, 4.69) is 44.5 Å². The third kappa shape index (κ3) is 5.06. The first-order chi connectivity index (χ1) is 6.13. The molecule has 0 heterocycles. The van der Waals surface area contributed by atoms with E-state index in [4.69, 9.17) is 0 Å². The Balaban J connectivity index is 3.76. The molecule has 0 saturated carbocycles. The molecule has 1 N–H and O–H groups in total. The van der Waals surface area contributed by atoms with Crippen LogP contribution in [0.25, 0.3) is 0 Å². The molecule has 0 aromatic heterocycles. The Hall–Kier alpha value is -0.340. The Morgan fingerprint density at radius 2 is 2.00 bits per heavy atom. The molecule has 0 aliphatic rings. The van der Waals surface area contributed by atoms with Crippen LogP contribution in [0.2, 0.25) is 0 Å². The molecule has 1 unspecified atom stereocenters. The molecule has 2 nitrogen and oxygen atoms in total. The van der Waals surface area contributed by atoms with E-state index in [1.54, 1.807) is 0 Å². The molecule has 2 heteroatoms. The third-order valence-electron chi connectivity index (χ3n) is 2.32. The molecule has 0 aromatic rings. The molecule has 0 aliphatic heterocycles. The van der Waals surface area contributed by atoms with Crippen LogP contribution in [0, 0.1) is 0 Å². The summed E-state index contributed by atoms with van der Waals surface area (Å²) in [6, 6.07) is 1.23. The van der Waals surface area contributed by atoms with Crippen LogP contribution in [-0.4, -0.2) is 36.6 Å². The first kappa shape index (κ1) is 12.7. The van der Waals surface area contributed by atoms with Crippen LogP contribution >= 0.6 is 0 Å². The van der Waals surface area contributed by atoms with E-state index in [0.717, 1.165) is 19.6 Å². The van der Waals surface area contributed by atoms with Crippen molar-refractivity contribution in [3.05, 3.63) is 12.7 Å². The van der Waals surface area contributed by atoms with Crippen molar-refractivity contribution in [3.63, 3.8) is 0 Å². The molecule has 0 fully saturated rings. The second kappa shape index (κ2) is 7.10. The minimum Gasteiger partial charge on any atom is -0.312 e. The van der Waals surface area contributed by atoms with Gasteiger partial charge in [-0.2, -0.15) is 0 Å². The Morgan fingerprint density at radius 1 is 1.38 bits per heavy atom. The van der Waals surface area contributed by atoms with Crippen LogP contribution in [0.3, 0.4) is 0 Å². The van der Waals surface area contributed by atoms with Crippen LogP contribution in [0.15, 0.2) is 12.7 Å². The molecular formula is C11H24N2. The highest BCUT2D eigenvalue weighted by Crippen LogP contribution is 2.03. The highest BCUT2D eigenvalue weighted by Gasteiger charge is 2.13. The zero-order valence-corrected chi connectivity index (χ0v) is 9.51. The van der Waals surface area contributed by atoms with Crippen molar-refractivity contribution in [1.82, 2.24) is 10.2 Å². The van der Waals surface area contributed by atoms with Gasteiger partial charge in [-0.3, -0.25) is 4.90 Å². The van der Waals surface area contributed by atoms with Gasteiger partial charge in [-0.1, -0.05) is 13.0 Å². The van der Waals surface area contributed by atoms with Crippen molar-refractivity contribution >= 4 is 0 Å². The SMILES string of the molecule is C=CCNCC(C)N(CC)C(C)C. The van der Waals surface area contributed by atoms with Gasteiger partial charge in [0, 0.05) is 25.2 Å². The number of nitrogens with zero attached hydrogens (tertiary/aromatic N) is 1. The largest absolute Gasteiger partial charge is 0.312 e. The minimum absolute atomic E-state index is 0.602. The summed E-state index contributed by atoms with van der Waals surface area (Å²) < 4.78 is 0. The monoisotopic (exact) mass is 184 g/mol. The Bertz CT molecular complexity index is 132. The molecule has 78 valence electrons. The average Bonchev–Trinajstić information content (AvgIpc) is 2.05. The van der Waals surface area contributed by atoms with Gasteiger partial charge in [0.25, 0.3) is 0 Å². The molecule has 0 amide bonds. The standard InChI is InChI=1S/C11H24N2/c1-6-8-12-9-11(5)13(7-2)10(3)4/h6,10-12H,1,7-9H2,2-5H3. The summed E-state index contributed by atoms with van der Waals surface area (Å²) in [6.45, 7) is 15.7. The van der Waals surface area contributed by atoms with Gasteiger partial charge in [-0.15, -0.1) is 6.58 Å². The molecule has 13 heavy (non-hydrogen) atoms. The van der Waals surface area contributed by atoms with Gasteiger partial charge < -0.3 is 5.32 Å². The number of nitrogens with one attached hydrogen (secondary N) is 1. The Morgan fingerprint density at radius 3 is 2.38 bits per heavy atom. The lowest BCUT2D eigenvalue weighted by Crippen LogP contribution is -2.44. The summed E-state index contributed by atoms with van der Waals surface area (Å²) >= 11 is 0. The van der Waals surface area contributed by atoms with Crippen molar-refractivity contribution in [3.8, 4) is 0 Å². The predicted molar refractivity (Wildman–Crippen MR) is 60.0 cm³/mol. The highest BCUT2D eigenvalue weighted by atomic mass is 15.2. The lowest BCUT2D eigenvalue weighted by Gasteiger charge is -2.31. The summed E-state index contributed by atoms with van der Waals surface area (Å²) in [5.74, 6) is 0. The number of hydrogen-bond donors (Lipinski definition) is 1. The van der Waals surface area contributed by atoms with E-state index in [1.807, 2.05) is 6.08 Å². The first-order valence-corrected chi connectivity index (χ1v) is 5.20. The molecule has 0 aliphatic carbocycles. The van der Waals surface area contributed by atoms with Gasteiger partial charge in [0.2, 0.25) is 0 Å². The summed E-state index contributed by atoms with van der Waals surface area (Å²) in [7, 11) is 0. The lowest BCUT2D eigenvalue weighted by atomic mass is 10.2. The second-order valence-corrected chi connectivity index (χ2v) is 3.72. The molecule has 0 rings (SSSR count). The topological polar surface area (TPSA) is 15.3 Å². The fraction of sp³-hybridized carbons (Fsp3) is 0.818. The maximum absolute atomic E-state index is 3.68. The minimum atomic E-state index is 0.602. The van der Waals surface area contributed by atoms with E-state index in [1.165, 1.54) is 0 Å². The average molecular weight is 184 g/mol. The van der Waals surface area contributed by atoms with E-state index in [0.29, 0.717) is 12.1 Å². The molecule has 0 radical (unpaired) electrons. The van der Waals surface area contributed by atoms with E-state index >= 15 is 0 Å². The van der Waals surface area contributed by atoms with Crippen molar-refractivity contribution < 1.29 is 0 Å². The van der Waals surface area contributed by atoms with Gasteiger partial charge in [0.15, 0.2) is 0 Å². The number of rotatable bonds is 7. The Kier molecular flexibility index (Phi) is 6.92. The zero-order valence-electron chi connectivity index (χ0n) is 9.51. The van der Waals surface area contributed by atoms with Gasteiger partial charge in [-0.05, 0) is 27.3 Å². The molecule has 0 bridgehead atoms. The third-order valence-corrected chi connectivity index (χ3v) is 2.32. The quantitative estimate of drug-likeness (QED) is 0.480. The van der Waals surface area contributed by atoms with Crippen molar-refractivity contribution in [1.29, 1.82) is 0 Å². The maximum Gasteiger partial charge on any atom is 0.0195 e. The summed E-state index contributed by atoms with van der Waals surface area (Å²) in [5, 5.41) is 3.34. The molecule has 1 atom stereocenters. The van der Waals surface area contributed by atoms with Gasteiger partial charge in [0.05, 0.1) is 0 Å². The van der Waals surface area contributed by atoms with Crippen LogP contribution in [0.5, 0.6) is 0 Å². The molecule has 0 saturated heterocycles. The highest BCUT2D eigenvalue weighted by molar-refractivity contribution is 4.75. The van der Waals surface area contributed by atoms with Crippen LogP contribution in [-0.2, 0) is 0 Å². The summed E-state index contributed by atoms with van der Waals surface area (Å²) in [6.07, 6.45) is 1.90. The van der Waals surface area contributed by atoms with Gasteiger partial charge >= 0.3 is 0 Å². The van der Waals surface area contributed by atoms with E-state index in [9.17, 15) is 0 Å². The van der Waals surface area contributed by atoms with E-state index in [-0.39, 0.29) is 0 Å². The number of likely N-dealkylation sites (N-methyl/N-ethyl adjacent to an activating group) is 1.